The Labute approximate surface area is 171 Å². The first-order valence-corrected chi connectivity index (χ1v) is 9.53. The first-order chi connectivity index (χ1) is 14.5. The van der Waals surface area contributed by atoms with Crippen LogP contribution in [0.15, 0.2) is 21.3 Å². The van der Waals surface area contributed by atoms with Crippen molar-refractivity contribution < 1.29 is 31.2 Å². The van der Waals surface area contributed by atoms with Crippen molar-refractivity contribution in [1.82, 2.24) is 20.1 Å². The van der Waals surface area contributed by atoms with Gasteiger partial charge in [0.1, 0.15) is 17.3 Å². The Balaban J connectivity index is 1.46. The summed E-state index contributed by atoms with van der Waals surface area (Å²) >= 11 is 0. The number of rotatable bonds is 5. The van der Waals surface area contributed by atoms with Crippen LogP contribution in [0.2, 0.25) is 0 Å². The van der Waals surface area contributed by atoms with Crippen molar-refractivity contribution in [2.75, 3.05) is 18.4 Å². The van der Waals surface area contributed by atoms with Crippen LogP contribution in [-0.2, 0) is 11.0 Å². The molecule has 8 nitrogen and oxygen atoms in total. The molecule has 13 heteroatoms. The van der Waals surface area contributed by atoms with E-state index in [-0.39, 0.29) is 49.8 Å². The summed E-state index contributed by atoms with van der Waals surface area (Å²) in [6.45, 7) is 1.90. The summed E-state index contributed by atoms with van der Waals surface area (Å²) in [4.78, 5) is 27.8. The molecule has 2 aromatic rings. The average molecular weight is 447 g/mol. The molecule has 1 spiro atoms. The summed E-state index contributed by atoms with van der Waals surface area (Å²) in [6.07, 6.45) is -4.41. The molecule has 3 heterocycles. The maximum absolute atomic E-state index is 13.6. The molecule has 2 aliphatic rings. The highest BCUT2D eigenvalue weighted by Crippen LogP contribution is 2.65. The predicted molar refractivity (Wildman–Crippen MR) is 96.3 cm³/mol. The third-order valence-electron chi connectivity index (χ3n) is 5.75. The van der Waals surface area contributed by atoms with Crippen LogP contribution in [0.4, 0.5) is 28.0 Å². The number of pyridine rings is 1. The van der Waals surface area contributed by atoms with Gasteiger partial charge in [0.05, 0.1) is 5.41 Å². The van der Waals surface area contributed by atoms with E-state index in [9.17, 15) is 31.5 Å². The van der Waals surface area contributed by atoms with Crippen molar-refractivity contribution in [2.24, 2.45) is 5.41 Å². The molecule has 1 saturated carbocycles. The van der Waals surface area contributed by atoms with Gasteiger partial charge in [-0.05, 0) is 25.0 Å². The predicted octanol–water partition coefficient (Wildman–Crippen LogP) is 2.89. The lowest BCUT2D eigenvalue weighted by Crippen LogP contribution is -2.42. The Morgan fingerprint density at radius 2 is 2.06 bits per heavy atom. The molecular weight excluding hydrogens is 429 g/mol. The second-order valence-corrected chi connectivity index (χ2v) is 7.80. The van der Waals surface area contributed by atoms with Gasteiger partial charge in [-0.1, -0.05) is 12.0 Å². The zero-order chi connectivity index (χ0) is 22.6. The van der Waals surface area contributed by atoms with E-state index in [1.807, 2.05) is 0 Å². The molecule has 168 valence electrons. The summed E-state index contributed by atoms with van der Waals surface area (Å²) in [5.74, 6) is -3.47. The molecule has 2 N–H and O–H groups in total. The highest BCUT2D eigenvalue weighted by atomic mass is 19.4. The first kappa shape index (κ1) is 21.2. The van der Waals surface area contributed by atoms with Crippen LogP contribution in [0.1, 0.15) is 31.9 Å². The van der Waals surface area contributed by atoms with Crippen molar-refractivity contribution in [3.63, 3.8) is 0 Å². The molecule has 2 fully saturated rings. The van der Waals surface area contributed by atoms with Gasteiger partial charge >= 0.3 is 12.2 Å². The molecule has 0 bridgehead atoms. The summed E-state index contributed by atoms with van der Waals surface area (Å²) in [7, 11) is 0. The molecule has 4 rings (SSSR count). The van der Waals surface area contributed by atoms with Crippen LogP contribution in [0, 0.1) is 5.41 Å². The molecule has 31 heavy (non-hydrogen) atoms. The number of nitrogens with zero attached hydrogens (tertiary/aromatic N) is 3. The van der Waals surface area contributed by atoms with Gasteiger partial charge in [0.15, 0.2) is 0 Å². The fourth-order valence-electron chi connectivity index (χ4n) is 3.79. The number of aromatic amines is 1. The molecule has 0 aromatic carbocycles. The molecule has 1 amide bonds. The molecule has 1 aliphatic carbocycles. The van der Waals surface area contributed by atoms with Gasteiger partial charge in [-0.25, -0.2) is 8.78 Å². The zero-order valence-corrected chi connectivity index (χ0v) is 16.2. The highest BCUT2D eigenvalue weighted by Gasteiger charge is 2.73. The van der Waals surface area contributed by atoms with Crippen molar-refractivity contribution in [1.29, 1.82) is 0 Å². The minimum absolute atomic E-state index is 0.0208. The standard InChI is InChI=1S/C18H18F5N5O3/c1-2-10(14(30)28-6-5-16(8-28)7-17(16,19)20)24-15-27-26-13(31-15)9-3-4-11(18(21,22)23)25-12(9)29/h3-4,10H,2,5-8H2,1H3,(H,24,27)(H,25,29)/t10-,16?/m1/s1. The van der Waals surface area contributed by atoms with Crippen LogP contribution in [0.3, 0.4) is 0 Å². The molecule has 2 atom stereocenters. The Morgan fingerprint density at radius 3 is 2.61 bits per heavy atom. The van der Waals surface area contributed by atoms with Crippen LogP contribution < -0.4 is 10.9 Å². The maximum atomic E-state index is 13.6. The number of alkyl halides is 5. The van der Waals surface area contributed by atoms with E-state index in [1.54, 1.807) is 11.9 Å². The quantitative estimate of drug-likeness (QED) is 0.684. The SMILES string of the molecule is CC[C@@H](Nc1nnc(-c2ccc(C(F)(F)F)[nH]c2=O)o1)C(=O)N1CCC2(C1)CC2(F)F. The maximum Gasteiger partial charge on any atom is 0.431 e. The van der Waals surface area contributed by atoms with Gasteiger partial charge < -0.3 is 19.6 Å². The fourth-order valence-corrected chi connectivity index (χ4v) is 3.79. The number of carbonyl (C=O) groups is 1. The lowest BCUT2D eigenvalue weighted by Gasteiger charge is -2.22. The number of halogens is 5. The summed E-state index contributed by atoms with van der Waals surface area (Å²) in [5, 5.41) is 10.0. The third-order valence-corrected chi connectivity index (χ3v) is 5.75. The van der Waals surface area contributed by atoms with Crippen molar-refractivity contribution in [3.05, 3.63) is 28.2 Å². The van der Waals surface area contributed by atoms with E-state index in [0.29, 0.717) is 6.07 Å². The summed E-state index contributed by atoms with van der Waals surface area (Å²) < 4.78 is 70.5. The van der Waals surface area contributed by atoms with Crippen molar-refractivity contribution in [2.45, 2.75) is 44.3 Å². The van der Waals surface area contributed by atoms with E-state index in [1.165, 1.54) is 4.90 Å². The van der Waals surface area contributed by atoms with Crippen LogP contribution >= 0.6 is 0 Å². The summed E-state index contributed by atoms with van der Waals surface area (Å²) in [6, 6.07) is 0.520. The van der Waals surface area contributed by atoms with Gasteiger partial charge in [-0.2, -0.15) is 13.2 Å². The van der Waals surface area contributed by atoms with Crippen LogP contribution in [0.5, 0.6) is 0 Å². The third kappa shape index (κ3) is 3.76. The first-order valence-electron chi connectivity index (χ1n) is 9.53. The number of amides is 1. The molecule has 1 unspecified atom stereocenters. The smallest absolute Gasteiger partial charge is 0.403 e. The number of nitrogens with one attached hydrogen (secondary N) is 2. The van der Waals surface area contributed by atoms with Gasteiger partial charge in [0.25, 0.3) is 17.4 Å². The lowest BCUT2D eigenvalue weighted by molar-refractivity contribution is -0.141. The molecular formula is C18H18F5N5O3. The number of H-pyrrole nitrogens is 1. The molecule has 1 saturated heterocycles. The Morgan fingerprint density at radius 1 is 1.35 bits per heavy atom. The van der Waals surface area contributed by atoms with Crippen molar-refractivity contribution >= 4 is 11.9 Å². The van der Waals surface area contributed by atoms with Crippen LogP contribution in [-0.4, -0.2) is 51.0 Å². The minimum Gasteiger partial charge on any atom is -0.403 e. The topological polar surface area (TPSA) is 104 Å². The van der Waals surface area contributed by atoms with E-state index in [0.717, 1.165) is 6.07 Å². The number of hydrogen-bond acceptors (Lipinski definition) is 6. The normalized spacial score (nSPS) is 23.2. The number of likely N-dealkylation sites (tertiary alicyclic amines) is 1. The number of aromatic nitrogens is 3. The van der Waals surface area contributed by atoms with Crippen LogP contribution in [0.25, 0.3) is 11.5 Å². The second kappa shape index (κ2) is 7.02. The fraction of sp³-hybridized carbons (Fsp3) is 0.556. The van der Waals surface area contributed by atoms with Gasteiger partial charge in [0.2, 0.25) is 5.91 Å². The lowest BCUT2D eigenvalue weighted by atomic mass is 10.1. The Bertz CT molecular complexity index is 1070. The van der Waals surface area contributed by atoms with E-state index in [2.05, 4.69) is 15.5 Å². The Hall–Kier alpha value is -2.99. The second-order valence-electron chi connectivity index (χ2n) is 7.80. The van der Waals surface area contributed by atoms with E-state index < -0.39 is 40.7 Å². The number of hydrogen-bond donors (Lipinski definition) is 2. The molecule has 2 aromatic heterocycles. The van der Waals surface area contributed by atoms with E-state index >= 15 is 0 Å². The average Bonchev–Trinajstić information content (AvgIpc) is 3.07. The zero-order valence-electron chi connectivity index (χ0n) is 16.2. The van der Waals surface area contributed by atoms with Gasteiger partial charge in [-0.15, -0.1) is 5.10 Å². The monoisotopic (exact) mass is 447 g/mol. The highest BCUT2D eigenvalue weighted by molar-refractivity contribution is 5.84. The summed E-state index contributed by atoms with van der Waals surface area (Å²) in [5.41, 5.74) is -3.69. The minimum atomic E-state index is -4.72. The van der Waals surface area contributed by atoms with Gasteiger partial charge in [0, 0.05) is 19.5 Å². The number of carbonyl (C=O) groups excluding carboxylic acids is 1. The van der Waals surface area contributed by atoms with Gasteiger partial charge in [-0.3, -0.25) is 9.59 Å². The molecule has 0 radical (unpaired) electrons. The molecule has 1 aliphatic heterocycles. The number of anilines is 1. The largest absolute Gasteiger partial charge is 0.431 e. The van der Waals surface area contributed by atoms with Crippen molar-refractivity contribution in [3.8, 4) is 11.5 Å². The van der Waals surface area contributed by atoms with E-state index in [4.69, 9.17) is 4.42 Å². The Kier molecular flexibility index (Phi) is 4.81.